The van der Waals surface area contributed by atoms with Gasteiger partial charge in [0.05, 0.1) is 18.3 Å². The van der Waals surface area contributed by atoms with Crippen molar-refractivity contribution in [1.82, 2.24) is 0 Å². The zero-order valence-corrected chi connectivity index (χ0v) is 13.5. The van der Waals surface area contributed by atoms with E-state index in [1.165, 1.54) is 12.8 Å². The van der Waals surface area contributed by atoms with Crippen molar-refractivity contribution in [2.45, 2.75) is 72.0 Å². The molecule has 2 N–H and O–H groups in total. The lowest BCUT2D eigenvalue weighted by Gasteiger charge is -2.44. The van der Waals surface area contributed by atoms with Gasteiger partial charge >= 0.3 is 0 Å². The molecule has 3 heteroatoms. The summed E-state index contributed by atoms with van der Waals surface area (Å²) in [6, 6.07) is 0. The molecule has 1 atom stereocenters. The molecule has 1 saturated carbocycles. The van der Waals surface area contributed by atoms with Crippen LogP contribution >= 0.6 is 0 Å². The first kappa shape index (κ1) is 16.9. The van der Waals surface area contributed by atoms with Crippen LogP contribution in [0.2, 0.25) is 0 Å². The Morgan fingerprint density at radius 2 is 1.84 bits per heavy atom. The summed E-state index contributed by atoms with van der Waals surface area (Å²) in [5, 5.41) is 0. The number of hydrogen-bond donors (Lipinski definition) is 1. The summed E-state index contributed by atoms with van der Waals surface area (Å²) in [6.45, 7) is 13.2. The topological polar surface area (TPSA) is 44.5 Å². The van der Waals surface area contributed by atoms with Gasteiger partial charge in [0, 0.05) is 13.2 Å². The predicted octanol–water partition coefficient (Wildman–Crippen LogP) is 3.36. The molecule has 114 valence electrons. The Balaban J connectivity index is 2.50. The Labute approximate surface area is 119 Å². The normalized spacial score (nSPS) is 30.3. The van der Waals surface area contributed by atoms with Gasteiger partial charge in [-0.05, 0) is 50.9 Å². The molecule has 0 heterocycles. The van der Waals surface area contributed by atoms with Crippen LogP contribution in [-0.2, 0) is 9.47 Å². The van der Waals surface area contributed by atoms with Crippen molar-refractivity contribution in [3.63, 3.8) is 0 Å². The molecule has 0 radical (unpaired) electrons. The third-order valence-corrected chi connectivity index (χ3v) is 4.50. The summed E-state index contributed by atoms with van der Waals surface area (Å²) in [4.78, 5) is 0. The maximum absolute atomic E-state index is 6.24. The van der Waals surface area contributed by atoms with Crippen LogP contribution in [0.3, 0.4) is 0 Å². The highest BCUT2D eigenvalue weighted by Crippen LogP contribution is 2.42. The zero-order chi connectivity index (χ0) is 14.5. The molecule has 0 aromatic rings. The van der Waals surface area contributed by atoms with Gasteiger partial charge in [-0.15, -0.1) is 0 Å². The first-order valence-corrected chi connectivity index (χ1v) is 7.78. The number of rotatable bonds is 6. The van der Waals surface area contributed by atoms with Crippen LogP contribution in [0.4, 0.5) is 0 Å². The molecule has 0 amide bonds. The lowest BCUT2D eigenvalue weighted by molar-refractivity contribution is -0.131. The molecule has 1 rings (SSSR count). The van der Waals surface area contributed by atoms with Gasteiger partial charge < -0.3 is 15.2 Å². The van der Waals surface area contributed by atoms with E-state index in [4.69, 9.17) is 15.2 Å². The average Bonchev–Trinajstić information content (AvgIpc) is 2.36. The molecule has 3 nitrogen and oxygen atoms in total. The molecule has 0 aliphatic heterocycles. The van der Waals surface area contributed by atoms with Crippen molar-refractivity contribution in [3.05, 3.63) is 0 Å². The molecule has 0 saturated heterocycles. The summed E-state index contributed by atoms with van der Waals surface area (Å²) in [6.07, 6.45) is 4.75. The summed E-state index contributed by atoms with van der Waals surface area (Å²) in [7, 11) is 0. The van der Waals surface area contributed by atoms with Crippen LogP contribution in [0.1, 0.15) is 60.3 Å². The first-order valence-electron chi connectivity index (χ1n) is 7.78. The summed E-state index contributed by atoms with van der Waals surface area (Å²) in [5.74, 6) is 0.790. The van der Waals surface area contributed by atoms with E-state index in [0.29, 0.717) is 18.6 Å². The third-order valence-electron chi connectivity index (χ3n) is 4.50. The average molecular weight is 271 g/mol. The highest BCUT2D eigenvalue weighted by Gasteiger charge is 2.39. The quantitative estimate of drug-likeness (QED) is 0.805. The van der Waals surface area contributed by atoms with E-state index in [1.54, 1.807) is 0 Å². The minimum atomic E-state index is -0.113. The molecule has 1 unspecified atom stereocenters. The van der Waals surface area contributed by atoms with Crippen LogP contribution in [-0.4, -0.2) is 31.5 Å². The Bertz CT molecular complexity index is 252. The van der Waals surface area contributed by atoms with Crippen molar-refractivity contribution in [3.8, 4) is 0 Å². The molecule has 19 heavy (non-hydrogen) atoms. The van der Waals surface area contributed by atoms with Crippen molar-refractivity contribution < 1.29 is 9.47 Å². The highest BCUT2D eigenvalue weighted by molar-refractivity contribution is 4.91. The maximum Gasteiger partial charge on any atom is 0.0809 e. The van der Waals surface area contributed by atoms with Crippen LogP contribution in [0.25, 0.3) is 0 Å². The molecule has 1 fully saturated rings. The number of hydrogen-bond acceptors (Lipinski definition) is 3. The van der Waals surface area contributed by atoms with Gasteiger partial charge in [0.15, 0.2) is 0 Å². The zero-order valence-electron chi connectivity index (χ0n) is 13.5. The van der Waals surface area contributed by atoms with Crippen LogP contribution in [0, 0.1) is 11.3 Å². The van der Waals surface area contributed by atoms with Crippen LogP contribution in [0.5, 0.6) is 0 Å². The van der Waals surface area contributed by atoms with E-state index < -0.39 is 0 Å². The number of nitrogens with two attached hydrogens (primary N) is 1. The molecule has 1 aliphatic carbocycles. The molecular formula is C16H33NO2. The second-order valence-electron chi connectivity index (χ2n) is 7.12. The van der Waals surface area contributed by atoms with E-state index in [-0.39, 0.29) is 11.7 Å². The minimum Gasteiger partial charge on any atom is -0.379 e. The Morgan fingerprint density at radius 1 is 1.26 bits per heavy atom. The standard InChI is InChI=1S/C16H33NO2/c1-6-18-11-13(2)19-16(12-17)9-7-14(8-10-16)15(3,4)5/h13-14H,6-12,17H2,1-5H3. The molecular weight excluding hydrogens is 238 g/mol. The lowest BCUT2D eigenvalue weighted by atomic mass is 9.68. The molecule has 1 aliphatic rings. The second kappa shape index (κ2) is 7.05. The van der Waals surface area contributed by atoms with Gasteiger partial charge in [0.2, 0.25) is 0 Å². The maximum atomic E-state index is 6.24. The smallest absolute Gasteiger partial charge is 0.0809 e. The summed E-state index contributed by atoms with van der Waals surface area (Å²) in [5.41, 5.74) is 6.29. The van der Waals surface area contributed by atoms with Gasteiger partial charge in [-0.1, -0.05) is 20.8 Å². The largest absolute Gasteiger partial charge is 0.379 e. The fourth-order valence-corrected chi connectivity index (χ4v) is 3.12. The van der Waals surface area contributed by atoms with E-state index in [9.17, 15) is 0 Å². The molecule has 0 aromatic heterocycles. The second-order valence-corrected chi connectivity index (χ2v) is 7.12. The van der Waals surface area contributed by atoms with Crippen molar-refractivity contribution in [2.24, 2.45) is 17.1 Å². The van der Waals surface area contributed by atoms with E-state index in [1.807, 2.05) is 6.92 Å². The minimum absolute atomic E-state index is 0.113. The van der Waals surface area contributed by atoms with Gasteiger partial charge in [-0.3, -0.25) is 0 Å². The lowest BCUT2D eigenvalue weighted by Crippen LogP contribution is -2.47. The Hall–Kier alpha value is -0.120. The fourth-order valence-electron chi connectivity index (χ4n) is 3.12. The Morgan fingerprint density at radius 3 is 2.26 bits per heavy atom. The van der Waals surface area contributed by atoms with E-state index in [0.717, 1.165) is 25.4 Å². The third kappa shape index (κ3) is 5.05. The van der Waals surface area contributed by atoms with Crippen molar-refractivity contribution in [2.75, 3.05) is 19.8 Å². The van der Waals surface area contributed by atoms with Gasteiger partial charge in [0.1, 0.15) is 0 Å². The highest BCUT2D eigenvalue weighted by atomic mass is 16.5. The molecule has 0 bridgehead atoms. The monoisotopic (exact) mass is 271 g/mol. The predicted molar refractivity (Wildman–Crippen MR) is 80.2 cm³/mol. The van der Waals surface area contributed by atoms with Crippen molar-refractivity contribution >= 4 is 0 Å². The fraction of sp³-hybridized carbons (Fsp3) is 1.00. The summed E-state index contributed by atoms with van der Waals surface area (Å²) >= 11 is 0. The summed E-state index contributed by atoms with van der Waals surface area (Å²) < 4.78 is 11.7. The van der Waals surface area contributed by atoms with Crippen molar-refractivity contribution in [1.29, 1.82) is 0 Å². The van der Waals surface area contributed by atoms with Gasteiger partial charge in [-0.2, -0.15) is 0 Å². The van der Waals surface area contributed by atoms with Gasteiger partial charge in [-0.25, -0.2) is 0 Å². The SMILES string of the molecule is CCOCC(C)OC1(CN)CCC(C(C)(C)C)CC1. The first-order chi connectivity index (χ1) is 8.83. The number of ether oxygens (including phenoxy) is 2. The van der Waals surface area contributed by atoms with E-state index >= 15 is 0 Å². The van der Waals surface area contributed by atoms with Crippen LogP contribution < -0.4 is 5.73 Å². The van der Waals surface area contributed by atoms with E-state index in [2.05, 4.69) is 27.7 Å². The Kier molecular flexibility index (Phi) is 6.28. The molecule has 0 spiro atoms. The molecule has 0 aromatic carbocycles. The van der Waals surface area contributed by atoms with Gasteiger partial charge in [0.25, 0.3) is 0 Å². The van der Waals surface area contributed by atoms with Crippen LogP contribution in [0.15, 0.2) is 0 Å².